The third kappa shape index (κ3) is 3.69. The van der Waals surface area contributed by atoms with Crippen LogP contribution < -0.4 is 0 Å². The van der Waals surface area contributed by atoms with Gasteiger partial charge in [0.1, 0.15) is 0 Å². The third-order valence-corrected chi connectivity index (χ3v) is 4.78. The second-order valence-corrected chi connectivity index (χ2v) is 6.88. The van der Waals surface area contributed by atoms with E-state index >= 15 is 0 Å². The van der Waals surface area contributed by atoms with Gasteiger partial charge >= 0.3 is 0 Å². The highest BCUT2D eigenvalue weighted by atomic mass is 15.2. The molecule has 2 rings (SSSR count). The zero-order valence-electron chi connectivity index (χ0n) is 12.0. The van der Waals surface area contributed by atoms with Crippen LogP contribution in [0.15, 0.2) is 0 Å². The molecule has 0 bridgehead atoms. The van der Waals surface area contributed by atoms with Gasteiger partial charge in [-0.15, -0.1) is 0 Å². The summed E-state index contributed by atoms with van der Waals surface area (Å²) in [7, 11) is 4.35. The van der Waals surface area contributed by atoms with Gasteiger partial charge in [0.25, 0.3) is 0 Å². The van der Waals surface area contributed by atoms with E-state index in [2.05, 4.69) is 30.8 Å². The van der Waals surface area contributed by atoms with Crippen molar-refractivity contribution in [3.8, 4) is 0 Å². The van der Waals surface area contributed by atoms with Gasteiger partial charge in [0.15, 0.2) is 0 Å². The Balaban J connectivity index is 1.74. The highest BCUT2D eigenvalue weighted by Gasteiger charge is 2.40. The summed E-state index contributed by atoms with van der Waals surface area (Å²) in [5.74, 6) is 0.977. The summed E-state index contributed by atoms with van der Waals surface area (Å²) in [4.78, 5) is 5.02. The highest BCUT2D eigenvalue weighted by molar-refractivity contribution is 4.93. The van der Waals surface area contributed by atoms with Crippen LogP contribution in [0.3, 0.4) is 0 Å². The van der Waals surface area contributed by atoms with Crippen LogP contribution in [0.2, 0.25) is 0 Å². The molecular weight excluding hydrogens is 208 g/mol. The van der Waals surface area contributed by atoms with Crippen LogP contribution in [-0.4, -0.2) is 50.1 Å². The molecule has 0 amide bonds. The third-order valence-electron chi connectivity index (χ3n) is 4.78. The van der Waals surface area contributed by atoms with E-state index in [1.165, 1.54) is 64.7 Å². The number of nitrogens with zero attached hydrogens (tertiary/aromatic N) is 2. The molecule has 17 heavy (non-hydrogen) atoms. The average Bonchev–Trinajstić information content (AvgIpc) is 2.60. The summed E-state index contributed by atoms with van der Waals surface area (Å²) in [5, 5.41) is 0. The fraction of sp³-hybridized carbons (Fsp3) is 1.00. The lowest BCUT2D eigenvalue weighted by molar-refractivity contribution is 0.147. The summed E-state index contributed by atoms with van der Waals surface area (Å²) < 4.78 is 0. The topological polar surface area (TPSA) is 6.48 Å². The lowest BCUT2D eigenvalue weighted by Gasteiger charge is -2.37. The van der Waals surface area contributed by atoms with Crippen LogP contribution in [0, 0.1) is 11.3 Å². The van der Waals surface area contributed by atoms with Crippen molar-refractivity contribution in [2.45, 2.75) is 45.4 Å². The van der Waals surface area contributed by atoms with Crippen LogP contribution in [0.4, 0.5) is 0 Å². The van der Waals surface area contributed by atoms with E-state index < -0.39 is 0 Å². The molecule has 1 saturated carbocycles. The molecule has 2 atom stereocenters. The first-order chi connectivity index (χ1) is 8.10. The van der Waals surface area contributed by atoms with Gasteiger partial charge in [0.05, 0.1) is 0 Å². The van der Waals surface area contributed by atoms with Crippen LogP contribution in [0.25, 0.3) is 0 Å². The van der Waals surface area contributed by atoms with Crippen LogP contribution in [-0.2, 0) is 0 Å². The van der Waals surface area contributed by atoms with Crippen molar-refractivity contribution in [2.24, 2.45) is 11.3 Å². The summed E-state index contributed by atoms with van der Waals surface area (Å²) in [6.07, 6.45) is 8.76. The zero-order valence-corrected chi connectivity index (χ0v) is 12.0. The molecule has 1 saturated heterocycles. The minimum absolute atomic E-state index is 0.718. The Morgan fingerprint density at radius 2 is 2.12 bits per heavy atom. The van der Waals surface area contributed by atoms with Gasteiger partial charge in [-0.05, 0) is 70.7 Å². The summed E-state index contributed by atoms with van der Waals surface area (Å²) >= 11 is 0. The Morgan fingerprint density at radius 1 is 1.29 bits per heavy atom. The minimum Gasteiger partial charge on any atom is -0.309 e. The predicted molar refractivity (Wildman–Crippen MR) is 74.3 cm³/mol. The van der Waals surface area contributed by atoms with Crippen molar-refractivity contribution >= 4 is 0 Å². The molecule has 1 heterocycles. The lowest BCUT2D eigenvalue weighted by atomic mass is 9.70. The zero-order chi connectivity index (χ0) is 12.3. The van der Waals surface area contributed by atoms with Crippen molar-refractivity contribution in [3.05, 3.63) is 0 Å². The van der Waals surface area contributed by atoms with Crippen molar-refractivity contribution in [1.29, 1.82) is 0 Å². The molecule has 0 radical (unpaired) electrons. The van der Waals surface area contributed by atoms with Gasteiger partial charge in [-0.25, -0.2) is 0 Å². The first-order valence-electron chi connectivity index (χ1n) is 7.47. The van der Waals surface area contributed by atoms with Gasteiger partial charge in [-0.2, -0.15) is 0 Å². The Hall–Kier alpha value is -0.0800. The number of hydrogen-bond donors (Lipinski definition) is 0. The molecule has 0 N–H and O–H groups in total. The maximum Gasteiger partial charge on any atom is 0.00386 e. The van der Waals surface area contributed by atoms with Crippen molar-refractivity contribution in [1.82, 2.24) is 9.80 Å². The number of likely N-dealkylation sites (tertiary alicyclic amines) is 1. The summed E-state index contributed by atoms with van der Waals surface area (Å²) in [6.45, 7) is 7.76. The fourth-order valence-electron chi connectivity index (χ4n) is 3.97. The lowest BCUT2D eigenvalue weighted by Crippen LogP contribution is -2.32. The largest absolute Gasteiger partial charge is 0.309 e. The fourth-order valence-corrected chi connectivity index (χ4v) is 3.97. The van der Waals surface area contributed by atoms with Crippen LogP contribution >= 0.6 is 0 Å². The van der Waals surface area contributed by atoms with E-state index in [-0.39, 0.29) is 0 Å². The Kier molecular flexibility index (Phi) is 4.48. The summed E-state index contributed by atoms with van der Waals surface area (Å²) in [6, 6.07) is 0. The molecule has 2 aliphatic rings. The van der Waals surface area contributed by atoms with E-state index in [0.717, 1.165) is 11.3 Å². The maximum atomic E-state index is 2.72. The second-order valence-electron chi connectivity index (χ2n) is 6.88. The normalized spacial score (nSPS) is 34.9. The Labute approximate surface area is 107 Å². The Bertz CT molecular complexity index is 239. The molecule has 1 spiro atoms. The molecule has 2 heteroatoms. The van der Waals surface area contributed by atoms with E-state index in [1.807, 2.05) is 0 Å². The van der Waals surface area contributed by atoms with E-state index in [0.29, 0.717) is 0 Å². The van der Waals surface area contributed by atoms with Gasteiger partial charge in [0.2, 0.25) is 0 Å². The molecule has 1 aliphatic carbocycles. The smallest absolute Gasteiger partial charge is 0.00386 e. The van der Waals surface area contributed by atoms with Crippen molar-refractivity contribution in [2.75, 3.05) is 40.3 Å². The van der Waals surface area contributed by atoms with Crippen LogP contribution in [0.1, 0.15) is 45.4 Å². The maximum absolute atomic E-state index is 2.72. The first-order valence-corrected chi connectivity index (χ1v) is 7.47. The number of hydrogen-bond acceptors (Lipinski definition) is 2. The standard InChI is InChI=1S/C15H30N2/c1-14-6-4-7-15(12-14)8-11-17(13-15)10-5-9-16(2)3/h14H,4-13H2,1-3H3/t14-,15+/m0/s1. The summed E-state index contributed by atoms with van der Waals surface area (Å²) in [5.41, 5.74) is 0.718. The molecule has 100 valence electrons. The van der Waals surface area contributed by atoms with E-state index in [4.69, 9.17) is 0 Å². The van der Waals surface area contributed by atoms with Gasteiger partial charge < -0.3 is 9.80 Å². The van der Waals surface area contributed by atoms with Gasteiger partial charge in [-0.3, -0.25) is 0 Å². The predicted octanol–water partition coefficient (Wildman–Crippen LogP) is 2.84. The van der Waals surface area contributed by atoms with Crippen molar-refractivity contribution < 1.29 is 0 Å². The van der Waals surface area contributed by atoms with E-state index in [9.17, 15) is 0 Å². The van der Waals surface area contributed by atoms with E-state index in [1.54, 1.807) is 0 Å². The molecule has 2 nitrogen and oxygen atoms in total. The average molecular weight is 238 g/mol. The minimum atomic E-state index is 0.718. The molecule has 0 aromatic rings. The van der Waals surface area contributed by atoms with Crippen LogP contribution in [0.5, 0.6) is 0 Å². The van der Waals surface area contributed by atoms with Gasteiger partial charge in [-0.1, -0.05) is 19.8 Å². The molecule has 0 aromatic heterocycles. The Morgan fingerprint density at radius 3 is 2.82 bits per heavy atom. The molecule has 1 aliphatic heterocycles. The molecule has 0 aromatic carbocycles. The van der Waals surface area contributed by atoms with Crippen molar-refractivity contribution in [3.63, 3.8) is 0 Å². The monoisotopic (exact) mass is 238 g/mol. The second kappa shape index (κ2) is 5.71. The molecule has 0 unspecified atom stereocenters. The first kappa shape index (κ1) is 13.4. The quantitative estimate of drug-likeness (QED) is 0.743. The molecular formula is C15H30N2. The SMILES string of the molecule is C[C@H]1CCC[C@@]2(CCN(CCCN(C)C)C2)C1. The molecule has 2 fully saturated rings. The highest BCUT2D eigenvalue weighted by Crippen LogP contribution is 2.45. The number of rotatable bonds is 4. The van der Waals surface area contributed by atoms with Gasteiger partial charge in [0, 0.05) is 6.54 Å².